The molecular weight excluding hydrogens is 433 g/mol. The second-order valence-corrected chi connectivity index (χ2v) is 8.60. The Kier molecular flexibility index (Phi) is 9.78. The number of hydrogen-bond acceptors (Lipinski definition) is 7. The summed E-state index contributed by atoms with van der Waals surface area (Å²) in [6, 6.07) is 12.4. The van der Waals surface area contributed by atoms with Gasteiger partial charge in [-0.1, -0.05) is 30.3 Å². The van der Waals surface area contributed by atoms with Crippen molar-refractivity contribution in [1.82, 2.24) is 5.32 Å². The minimum atomic E-state index is -3.66. The zero-order valence-corrected chi connectivity index (χ0v) is 19.9. The van der Waals surface area contributed by atoms with E-state index in [1.807, 2.05) is 6.07 Å². The van der Waals surface area contributed by atoms with Crippen LogP contribution in [0.1, 0.15) is 30.8 Å². The first-order valence-corrected chi connectivity index (χ1v) is 11.8. The molecular formula is C23H30NO7P. The van der Waals surface area contributed by atoms with Crippen LogP contribution in [0, 0.1) is 0 Å². The molecule has 0 fully saturated rings. The van der Waals surface area contributed by atoms with Gasteiger partial charge in [-0.3, -0.25) is 9.36 Å². The predicted octanol–water partition coefficient (Wildman–Crippen LogP) is 4.81. The summed E-state index contributed by atoms with van der Waals surface area (Å²) in [4.78, 5) is 12.8. The van der Waals surface area contributed by atoms with Crippen LogP contribution in [0.25, 0.3) is 6.08 Å². The quantitative estimate of drug-likeness (QED) is 0.357. The van der Waals surface area contributed by atoms with Gasteiger partial charge in [0.2, 0.25) is 11.7 Å². The van der Waals surface area contributed by atoms with E-state index in [1.54, 1.807) is 56.3 Å². The number of benzene rings is 2. The van der Waals surface area contributed by atoms with Crippen molar-refractivity contribution in [2.45, 2.75) is 19.6 Å². The van der Waals surface area contributed by atoms with E-state index in [1.165, 1.54) is 27.4 Å². The van der Waals surface area contributed by atoms with Gasteiger partial charge in [-0.05, 0) is 43.2 Å². The van der Waals surface area contributed by atoms with Crippen LogP contribution < -0.4 is 19.5 Å². The molecule has 0 saturated heterocycles. The second-order valence-electron chi connectivity index (χ2n) is 6.49. The molecule has 174 valence electrons. The van der Waals surface area contributed by atoms with Crippen molar-refractivity contribution in [3.8, 4) is 17.2 Å². The molecule has 0 radical (unpaired) electrons. The van der Waals surface area contributed by atoms with Crippen LogP contribution in [0.2, 0.25) is 0 Å². The Morgan fingerprint density at radius 3 is 2.00 bits per heavy atom. The van der Waals surface area contributed by atoms with E-state index in [4.69, 9.17) is 23.3 Å². The average Bonchev–Trinajstić information content (AvgIpc) is 2.81. The molecule has 0 aliphatic carbocycles. The molecule has 0 aliphatic heterocycles. The summed E-state index contributed by atoms with van der Waals surface area (Å²) in [5, 5.41) is 2.77. The van der Waals surface area contributed by atoms with E-state index < -0.39 is 19.3 Å². The maximum Gasteiger partial charge on any atom is 0.357 e. The van der Waals surface area contributed by atoms with Gasteiger partial charge in [0.25, 0.3) is 0 Å². The first-order chi connectivity index (χ1) is 15.4. The van der Waals surface area contributed by atoms with Crippen LogP contribution >= 0.6 is 7.60 Å². The molecule has 8 nitrogen and oxygen atoms in total. The van der Waals surface area contributed by atoms with E-state index in [9.17, 15) is 9.36 Å². The van der Waals surface area contributed by atoms with Gasteiger partial charge in [-0.2, -0.15) is 0 Å². The van der Waals surface area contributed by atoms with Gasteiger partial charge < -0.3 is 28.6 Å². The zero-order valence-electron chi connectivity index (χ0n) is 19.0. The lowest BCUT2D eigenvalue weighted by Gasteiger charge is -2.27. The number of nitrogens with one attached hydrogen (secondary N) is 1. The molecule has 1 atom stereocenters. The monoisotopic (exact) mass is 463 g/mol. The van der Waals surface area contributed by atoms with Gasteiger partial charge in [0.1, 0.15) is 0 Å². The number of methoxy groups -OCH3 is 3. The fourth-order valence-corrected chi connectivity index (χ4v) is 4.99. The number of amides is 1. The Bertz CT molecular complexity index is 927. The highest BCUT2D eigenvalue weighted by Crippen LogP contribution is 2.59. The van der Waals surface area contributed by atoms with E-state index >= 15 is 0 Å². The van der Waals surface area contributed by atoms with Crippen molar-refractivity contribution in [3.05, 3.63) is 59.7 Å². The Labute approximate surface area is 189 Å². The van der Waals surface area contributed by atoms with E-state index in [0.29, 0.717) is 28.4 Å². The summed E-state index contributed by atoms with van der Waals surface area (Å²) in [5.41, 5.74) is 1.27. The Morgan fingerprint density at radius 2 is 1.53 bits per heavy atom. The molecule has 0 aromatic heterocycles. The summed E-state index contributed by atoms with van der Waals surface area (Å²) in [7, 11) is 0.886. The van der Waals surface area contributed by atoms with E-state index in [0.717, 1.165) is 0 Å². The Balaban J connectivity index is 2.32. The van der Waals surface area contributed by atoms with Gasteiger partial charge in [0.05, 0.1) is 34.5 Å². The molecule has 1 unspecified atom stereocenters. The van der Waals surface area contributed by atoms with Gasteiger partial charge in [0, 0.05) is 6.08 Å². The van der Waals surface area contributed by atoms with Crippen LogP contribution in [-0.4, -0.2) is 40.5 Å². The molecule has 2 aromatic carbocycles. The highest BCUT2D eigenvalue weighted by molar-refractivity contribution is 7.54. The average molecular weight is 463 g/mol. The minimum Gasteiger partial charge on any atom is -0.493 e. The molecule has 0 heterocycles. The maximum absolute atomic E-state index is 13.4. The standard InChI is InChI=1S/C23H30NO7P/c1-6-30-32(26,31-7-2)23(18-11-9-8-10-12-18)24-21(25)14-13-17-15-19(27-3)22(29-5)20(16-17)28-4/h8-16,23H,6-7H2,1-5H3,(H,24,25)/b14-13+. The summed E-state index contributed by atoms with van der Waals surface area (Å²) in [5.74, 6) is -0.0411. The number of hydrogen-bond donors (Lipinski definition) is 1. The SMILES string of the molecule is CCOP(=O)(OCC)C(NC(=O)/C=C/c1cc(OC)c(OC)c(OC)c1)c1ccccc1. The van der Waals surface area contributed by atoms with Crippen LogP contribution in [-0.2, 0) is 18.4 Å². The highest BCUT2D eigenvalue weighted by atomic mass is 31.2. The van der Waals surface area contributed by atoms with E-state index in [2.05, 4.69) is 5.32 Å². The van der Waals surface area contributed by atoms with Crippen molar-refractivity contribution in [3.63, 3.8) is 0 Å². The van der Waals surface area contributed by atoms with Gasteiger partial charge >= 0.3 is 7.60 Å². The lowest BCUT2D eigenvalue weighted by atomic mass is 10.1. The molecule has 32 heavy (non-hydrogen) atoms. The topological polar surface area (TPSA) is 92.3 Å². The normalized spacial score (nSPS) is 12.4. The smallest absolute Gasteiger partial charge is 0.357 e. The molecule has 2 aromatic rings. The highest BCUT2D eigenvalue weighted by Gasteiger charge is 2.37. The van der Waals surface area contributed by atoms with Crippen molar-refractivity contribution >= 4 is 19.6 Å². The molecule has 0 aliphatic rings. The molecule has 9 heteroatoms. The maximum atomic E-state index is 13.4. The van der Waals surface area contributed by atoms with Crippen LogP contribution in [0.3, 0.4) is 0 Å². The largest absolute Gasteiger partial charge is 0.493 e. The lowest BCUT2D eigenvalue weighted by molar-refractivity contribution is -0.116. The van der Waals surface area contributed by atoms with Crippen LogP contribution in [0.15, 0.2) is 48.5 Å². The van der Waals surface area contributed by atoms with Crippen molar-refractivity contribution < 1.29 is 32.6 Å². The predicted molar refractivity (Wildman–Crippen MR) is 123 cm³/mol. The number of ether oxygens (including phenoxy) is 3. The number of rotatable bonds is 12. The van der Waals surface area contributed by atoms with E-state index in [-0.39, 0.29) is 13.2 Å². The lowest BCUT2D eigenvalue weighted by Crippen LogP contribution is -2.28. The third-order valence-corrected chi connectivity index (χ3v) is 6.74. The zero-order chi connectivity index (χ0) is 23.6. The number of carbonyl (C=O) groups excluding carboxylic acids is 1. The molecule has 2 rings (SSSR count). The number of carbonyl (C=O) groups is 1. The van der Waals surface area contributed by atoms with Crippen molar-refractivity contribution in [2.75, 3.05) is 34.5 Å². The van der Waals surface area contributed by atoms with Gasteiger partial charge in [-0.15, -0.1) is 0 Å². The summed E-state index contributed by atoms with van der Waals surface area (Å²) < 4.78 is 40.4. The minimum absolute atomic E-state index is 0.178. The summed E-state index contributed by atoms with van der Waals surface area (Å²) in [6.45, 7) is 3.80. The molecule has 1 amide bonds. The second kappa shape index (κ2) is 12.3. The third kappa shape index (κ3) is 6.36. The van der Waals surface area contributed by atoms with Crippen LogP contribution in [0.5, 0.6) is 17.2 Å². The fraction of sp³-hybridized carbons (Fsp3) is 0.348. The van der Waals surface area contributed by atoms with Crippen LogP contribution in [0.4, 0.5) is 0 Å². The first-order valence-electron chi connectivity index (χ1n) is 10.1. The Hall–Kier alpha value is -2.80. The summed E-state index contributed by atoms with van der Waals surface area (Å²) in [6.07, 6.45) is 2.92. The molecule has 1 N–H and O–H groups in total. The van der Waals surface area contributed by atoms with Gasteiger partial charge in [0.15, 0.2) is 17.3 Å². The Morgan fingerprint density at radius 1 is 0.969 bits per heavy atom. The van der Waals surface area contributed by atoms with Crippen molar-refractivity contribution in [2.24, 2.45) is 0 Å². The summed E-state index contributed by atoms with van der Waals surface area (Å²) >= 11 is 0. The molecule has 0 saturated carbocycles. The molecule has 0 spiro atoms. The third-order valence-electron chi connectivity index (χ3n) is 4.44. The molecule has 0 bridgehead atoms. The first kappa shape index (κ1) is 25.5. The fourth-order valence-electron chi connectivity index (χ4n) is 3.08. The van der Waals surface area contributed by atoms with Crippen molar-refractivity contribution in [1.29, 1.82) is 0 Å². The van der Waals surface area contributed by atoms with Gasteiger partial charge in [-0.25, -0.2) is 0 Å².